The molecule has 0 radical (unpaired) electrons. The maximum atomic E-state index is 12.1. The van der Waals surface area contributed by atoms with Gasteiger partial charge in [0.2, 0.25) is 5.91 Å². The van der Waals surface area contributed by atoms with Gasteiger partial charge in [0.05, 0.1) is 13.2 Å². The quantitative estimate of drug-likeness (QED) is 0.884. The Morgan fingerprint density at radius 3 is 2.84 bits per heavy atom. The monoisotopic (exact) mass is 260 g/mol. The van der Waals surface area contributed by atoms with Crippen LogP contribution in [0.1, 0.15) is 23.1 Å². The summed E-state index contributed by atoms with van der Waals surface area (Å²) in [7, 11) is 0. The van der Waals surface area contributed by atoms with Crippen molar-refractivity contribution in [1.82, 2.24) is 10.2 Å². The number of carbonyl (C=O) groups is 1. The van der Waals surface area contributed by atoms with Crippen LogP contribution in [-0.4, -0.2) is 37.1 Å². The first-order valence-corrected chi connectivity index (χ1v) is 7.00. The summed E-state index contributed by atoms with van der Waals surface area (Å²) >= 11 is 0. The lowest BCUT2D eigenvalue weighted by Crippen LogP contribution is -2.40. The van der Waals surface area contributed by atoms with E-state index in [0.29, 0.717) is 19.6 Å². The number of rotatable bonds is 3. The summed E-state index contributed by atoms with van der Waals surface area (Å²) < 4.78 is 5.26. The standard InChI is InChI=1S/C15H20N2O2/c18-15(17-5-7-19-8-6-17)4-2-12-1-3-13-10-16-11-14(13)9-12/h1,3,9,16H,2,4-8,10-11H2. The number of fused-ring (bicyclic) bond motifs is 1. The van der Waals surface area contributed by atoms with E-state index >= 15 is 0 Å². The third kappa shape index (κ3) is 2.96. The average Bonchev–Trinajstić information content (AvgIpc) is 2.93. The van der Waals surface area contributed by atoms with E-state index in [2.05, 4.69) is 23.5 Å². The average molecular weight is 260 g/mol. The highest BCUT2D eigenvalue weighted by Gasteiger charge is 2.17. The molecule has 102 valence electrons. The van der Waals surface area contributed by atoms with Crippen molar-refractivity contribution >= 4 is 5.91 Å². The van der Waals surface area contributed by atoms with Crippen molar-refractivity contribution in [3.8, 4) is 0 Å². The first kappa shape index (κ1) is 12.6. The van der Waals surface area contributed by atoms with Gasteiger partial charge in [0.25, 0.3) is 0 Å². The summed E-state index contributed by atoms with van der Waals surface area (Å²) in [5, 5.41) is 3.34. The van der Waals surface area contributed by atoms with Crippen molar-refractivity contribution in [2.45, 2.75) is 25.9 Å². The lowest BCUT2D eigenvalue weighted by Gasteiger charge is -2.26. The van der Waals surface area contributed by atoms with Crippen molar-refractivity contribution in [2.75, 3.05) is 26.3 Å². The Hall–Kier alpha value is -1.39. The Labute approximate surface area is 113 Å². The summed E-state index contributed by atoms with van der Waals surface area (Å²) in [5.41, 5.74) is 4.05. The minimum absolute atomic E-state index is 0.252. The number of hydrogen-bond acceptors (Lipinski definition) is 3. The van der Waals surface area contributed by atoms with Gasteiger partial charge < -0.3 is 15.0 Å². The summed E-state index contributed by atoms with van der Waals surface area (Å²) in [6.45, 7) is 4.77. The van der Waals surface area contributed by atoms with Gasteiger partial charge in [0.15, 0.2) is 0 Å². The van der Waals surface area contributed by atoms with Gasteiger partial charge in [-0.2, -0.15) is 0 Å². The summed E-state index contributed by atoms with van der Waals surface area (Å²) in [5.74, 6) is 0.252. The Bertz CT molecular complexity index is 467. The topological polar surface area (TPSA) is 41.6 Å². The van der Waals surface area contributed by atoms with E-state index in [1.807, 2.05) is 4.90 Å². The van der Waals surface area contributed by atoms with E-state index in [4.69, 9.17) is 4.74 Å². The molecule has 0 spiro atoms. The van der Waals surface area contributed by atoms with Crippen LogP contribution in [0.25, 0.3) is 0 Å². The number of morpholine rings is 1. The number of aryl methyl sites for hydroxylation is 1. The van der Waals surface area contributed by atoms with Crippen LogP contribution in [0, 0.1) is 0 Å². The van der Waals surface area contributed by atoms with Crippen LogP contribution in [0.5, 0.6) is 0 Å². The lowest BCUT2D eigenvalue weighted by atomic mass is 10.0. The van der Waals surface area contributed by atoms with Gasteiger partial charge in [-0.3, -0.25) is 4.79 Å². The largest absolute Gasteiger partial charge is 0.378 e. The normalized spacial score (nSPS) is 18.4. The first-order valence-electron chi connectivity index (χ1n) is 7.00. The van der Waals surface area contributed by atoms with Crippen molar-refractivity contribution in [2.24, 2.45) is 0 Å². The van der Waals surface area contributed by atoms with Crippen LogP contribution >= 0.6 is 0 Å². The molecule has 1 aromatic carbocycles. The number of ether oxygens (including phenoxy) is 1. The van der Waals surface area contributed by atoms with Gasteiger partial charge in [-0.15, -0.1) is 0 Å². The van der Waals surface area contributed by atoms with Gasteiger partial charge in [0, 0.05) is 32.6 Å². The maximum absolute atomic E-state index is 12.1. The highest BCUT2D eigenvalue weighted by molar-refractivity contribution is 5.76. The van der Waals surface area contributed by atoms with Gasteiger partial charge in [0.1, 0.15) is 0 Å². The molecule has 19 heavy (non-hydrogen) atoms. The number of amides is 1. The van der Waals surface area contributed by atoms with Crippen LogP contribution in [0.2, 0.25) is 0 Å². The Kier molecular flexibility index (Phi) is 3.80. The Balaban J connectivity index is 1.55. The van der Waals surface area contributed by atoms with Crippen LogP contribution < -0.4 is 5.32 Å². The fraction of sp³-hybridized carbons (Fsp3) is 0.533. The SMILES string of the molecule is O=C(CCc1ccc2c(c1)CNC2)N1CCOCC1. The van der Waals surface area contributed by atoms with Crippen molar-refractivity contribution in [3.05, 3.63) is 34.9 Å². The van der Waals surface area contributed by atoms with Crippen molar-refractivity contribution in [1.29, 1.82) is 0 Å². The lowest BCUT2D eigenvalue weighted by molar-refractivity contribution is -0.135. The number of benzene rings is 1. The Morgan fingerprint density at radius 2 is 2.00 bits per heavy atom. The van der Waals surface area contributed by atoms with Crippen molar-refractivity contribution in [3.63, 3.8) is 0 Å². The molecular formula is C15H20N2O2. The van der Waals surface area contributed by atoms with E-state index in [9.17, 15) is 4.79 Å². The molecule has 1 saturated heterocycles. The Morgan fingerprint density at radius 1 is 1.21 bits per heavy atom. The second kappa shape index (κ2) is 5.72. The molecule has 0 unspecified atom stereocenters. The number of nitrogens with zero attached hydrogens (tertiary/aromatic N) is 1. The molecule has 0 aromatic heterocycles. The molecule has 2 aliphatic rings. The molecule has 2 heterocycles. The highest BCUT2D eigenvalue weighted by Crippen LogP contribution is 2.18. The molecule has 0 atom stereocenters. The van der Waals surface area contributed by atoms with Gasteiger partial charge in [-0.1, -0.05) is 18.2 Å². The maximum Gasteiger partial charge on any atom is 0.223 e. The predicted molar refractivity (Wildman–Crippen MR) is 72.7 cm³/mol. The minimum Gasteiger partial charge on any atom is -0.378 e. The van der Waals surface area contributed by atoms with Gasteiger partial charge in [-0.25, -0.2) is 0 Å². The van der Waals surface area contributed by atoms with Crippen LogP contribution in [-0.2, 0) is 29.0 Å². The van der Waals surface area contributed by atoms with E-state index in [1.165, 1.54) is 16.7 Å². The molecule has 1 N–H and O–H groups in total. The van der Waals surface area contributed by atoms with Crippen LogP contribution in [0.3, 0.4) is 0 Å². The third-order valence-electron chi connectivity index (χ3n) is 3.89. The molecule has 3 rings (SSSR count). The molecule has 2 aliphatic heterocycles. The number of hydrogen-bond donors (Lipinski definition) is 1. The molecule has 1 aromatic rings. The second-order valence-electron chi connectivity index (χ2n) is 5.20. The van der Waals surface area contributed by atoms with Crippen molar-refractivity contribution < 1.29 is 9.53 Å². The fourth-order valence-corrected chi connectivity index (χ4v) is 2.73. The molecule has 0 bridgehead atoms. The summed E-state index contributed by atoms with van der Waals surface area (Å²) in [6.07, 6.45) is 1.44. The molecule has 4 heteroatoms. The first-order chi connectivity index (χ1) is 9.33. The van der Waals surface area contributed by atoms with Gasteiger partial charge >= 0.3 is 0 Å². The number of nitrogens with one attached hydrogen (secondary N) is 1. The molecule has 0 saturated carbocycles. The second-order valence-corrected chi connectivity index (χ2v) is 5.20. The predicted octanol–water partition coefficient (Wildman–Crippen LogP) is 1.08. The zero-order valence-electron chi connectivity index (χ0n) is 11.2. The van der Waals surface area contributed by atoms with E-state index in [0.717, 1.165) is 32.6 Å². The molecule has 0 aliphatic carbocycles. The molecule has 1 fully saturated rings. The molecule has 1 amide bonds. The number of carbonyl (C=O) groups excluding carboxylic acids is 1. The third-order valence-corrected chi connectivity index (χ3v) is 3.89. The van der Waals surface area contributed by atoms with Gasteiger partial charge in [-0.05, 0) is 23.1 Å². The molecular weight excluding hydrogens is 240 g/mol. The minimum atomic E-state index is 0.252. The van der Waals surface area contributed by atoms with E-state index in [1.54, 1.807) is 0 Å². The van der Waals surface area contributed by atoms with E-state index < -0.39 is 0 Å². The highest BCUT2D eigenvalue weighted by atomic mass is 16.5. The summed E-state index contributed by atoms with van der Waals surface area (Å²) in [4.78, 5) is 14.0. The zero-order valence-corrected chi connectivity index (χ0v) is 11.2. The molecule has 4 nitrogen and oxygen atoms in total. The smallest absolute Gasteiger partial charge is 0.223 e. The van der Waals surface area contributed by atoms with E-state index in [-0.39, 0.29) is 5.91 Å². The van der Waals surface area contributed by atoms with Crippen LogP contribution in [0.15, 0.2) is 18.2 Å². The fourth-order valence-electron chi connectivity index (χ4n) is 2.73. The summed E-state index contributed by atoms with van der Waals surface area (Å²) in [6, 6.07) is 6.57. The van der Waals surface area contributed by atoms with Crippen LogP contribution in [0.4, 0.5) is 0 Å². The zero-order chi connectivity index (χ0) is 13.1.